The van der Waals surface area contributed by atoms with Gasteiger partial charge in [0.25, 0.3) is 0 Å². The topological polar surface area (TPSA) is 64.5 Å². The first-order chi connectivity index (χ1) is 12.4. The molecular weight excluding hydrogens is 330 g/mol. The zero-order valence-corrected chi connectivity index (χ0v) is 15.3. The molecule has 1 aromatic heterocycles. The smallest absolute Gasteiger partial charge is 0.410 e. The van der Waals surface area contributed by atoms with E-state index in [2.05, 4.69) is 16.0 Å². The summed E-state index contributed by atoms with van der Waals surface area (Å²) in [7, 11) is 0. The second-order valence-electron chi connectivity index (χ2n) is 7.09. The molecule has 2 heterocycles. The zero-order chi connectivity index (χ0) is 18.6. The molecule has 0 atom stereocenters. The van der Waals surface area contributed by atoms with Crippen LogP contribution in [0, 0.1) is 0 Å². The predicted molar refractivity (Wildman–Crippen MR) is 98.9 cm³/mol. The Hall–Kier alpha value is -2.89. The summed E-state index contributed by atoms with van der Waals surface area (Å²) in [5.74, 6) is 1.12. The Kier molecular flexibility index (Phi) is 5.21. The molecule has 0 unspecified atom stereocenters. The van der Waals surface area contributed by atoms with Crippen molar-refractivity contribution in [3.05, 3.63) is 54.5 Å². The number of hydrogen-bond donors (Lipinski definition) is 0. The van der Waals surface area contributed by atoms with Crippen molar-refractivity contribution in [1.29, 1.82) is 0 Å². The Morgan fingerprint density at radius 1 is 1.23 bits per heavy atom. The number of aromatic nitrogens is 2. The lowest BCUT2D eigenvalue weighted by atomic mass is 10.0. The molecule has 0 saturated carbocycles. The van der Waals surface area contributed by atoms with E-state index in [4.69, 9.17) is 9.47 Å². The van der Waals surface area contributed by atoms with E-state index in [1.54, 1.807) is 23.5 Å². The second kappa shape index (κ2) is 7.56. The van der Waals surface area contributed by atoms with Gasteiger partial charge < -0.3 is 14.4 Å². The van der Waals surface area contributed by atoms with Gasteiger partial charge >= 0.3 is 6.09 Å². The molecule has 6 nitrogen and oxygen atoms in total. The van der Waals surface area contributed by atoms with Gasteiger partial charge in [-0.1, -0.05) is 18.2 Å². The molecule has 0 bridgehead atoms. The molecule has 2 aromatic rings. The number of amides is 1. The molecule has 0 saturated heterocycles. The zero-order valence-electron chi connectivity index (χ0n) is 15.3. The van der Waals surface area contributed by atoms with Crippen LogP contribution in [0.5, 0.6) is 11.6 Å². The predicted octanol–water partition coefficient (Wildman–Crippen LogP) is 4.29. The van der Waals surface area contributed by atoms with E-state index in [0.717, 1.165) is 17.6 Å². The number of rotatable bonds is 3. The number of nitrogens with zero attached hydrogens (tertiary/aromatic N) is 3. The van der Waals surface area contributed by atoms with Crippen molar-refractivity contribution in [3.8, 4) is 11.6 Å². The van der Waals surface area contributed by atoms with Crippen LogP contribution in [0.4, 0.5) is 4.79 Å². The quantitative estimate of drug-likeness (QED) is 0.823. The highest BCUT2D eigenvalue weighted by atomic mass is 16.6. The fourth-order valence-corrected chi connectivity index (χ4v) is 2.65. The molecule has 1 aromatic carbocycles. The Balaban J connectivity index is 1.72. The number of hydrogen-bond acceptors (Lipinski definition) is 5. The van der Waals surface area contributed by atoms with Crippen LogP contribution in [-0.4, -0.2) is 39.7 Å². The van der Waals surface area contributed by atoms with Gasteiger partial charge in [0.1, 0.15) is 11.4 Å². The summed E-state index contributed by atoms with van der Waals surface area (Å²) in [5.41, 5.74) is 1.59. The van der Waals surface area contributed by atoms with E-state index >= 15 is 0 Å². The number of ether oxygens (including phenoxy) is 2. The van der Waals surface area contributed by atoms with Crippen LogP contribution in [0.2, 0.25) is 0 Å². The maximum absolute atomic E-state index is 12.3. The van der Waals surface area contributed by atoms with Gasteiger partial charge in [0.2, 0.25) is 5.88 Å². The third kappa shape index (κ3) is 4.81. The molecule has 0 spiro atoms. The largest absolute Gasteiger partial charge is 0.444 e. The first kappa shape index (κ1) is 17.9. The van der Waals surface area contributed by atoms with E-state index in [-0.39, 0.29) is 6.09 Å². The second-order valence-corrected chi connectivity index (χ2v) is 7.09. The number of benzene rings is 1. The Morgan fingerprint density at radius 2 is 2.08 bits per heavy atom. The molecule has 0 N–H and O–H groups in total. The van der Waals surface area contributed by atoms with Crippen LogP contribution in [0.3, 0.4) is 0 Å². The molecular formula is C20H23N3O3. The number of carbonyl (C=O) groups is 1. The highest BCUT2D eigenvalue weighted by Gasteiger charge is 2.24. The van der Waals surface area contributed by atoms with Crippen molar-refractivity contribution < 1.29 is 14.3 Å². The van der Waals surface area contributed by atoms with Crippen LogP contribution in [-0.2, 0) is 4.74 Å². The minimum Gasteiger partial charge on any atom is -0.444 e. The summed E-state index contributed by atoms with van der Waals surface area (Å²) in [4.78, 5) is 22.2. The molecule has 1 amide bonds. The normalized spacial score (nSPS) is 14.6. The van der Waals surface area contributed by atoms with Crippen molar-refractivity contribution >= 4 is 11.7 Å². The molecule has 3 rings (SSSR count). The van der Waals surface area contributed by atoms with E-state index in [0.29, 0.717) is 24.7 Å². The SMILES string of the molecule is CC(C)(C)OC(=O)N1CCC=C(c2cccc(Oc3cnccn3)c2)C1. The maximum Gasteiger partial charge on any atom is 0.410 e. The highest BCUT2D eigenvalue weighted by molar-refractivity contribution is 5.75. The Morgan fingerprint density at radius 3 is 2.81 bits per heavy atom. The van der Waals surface area contributed by atoms with E-state index in [1.165, 1.54) is 0 Å². The average Bonchev–Trinajstić information content (AvgIpc) is 2.61. The van der Waals surface area contributed by atoms with Crippen molar-refractivity contribution in [2.45, 2.75) is 32.8 Å². The van der Waals surface area contributed by atoms with Gasteiger partial charge in [-0.05, 0) is 50.5 Å². The molecule has 6 heteroatoms. The van der Waals surface area contributed by atoms with Gasteiger partial charge in [-0.2, -0.15) is 0 Å². The summed E-state index contributed by atoms with van der Waals surface area (Å²) in [6, 6.07) is 7.74. The standard InChI is InChI=1S/C20H23N3O3/c1-20(2,3)26-19(24)23-11-5-7-16(14-23)15-6-4-8-17(12-15)25-18-13-21-9-10-22-18/h4,6-10,12-13H,5,11,14H2,1-3H3. The Bertz CT molecular complexity index is 797. The lowest BCUT2D eigenvalue weighted by Gasteiger charge is -2.30. The fraction of sp³-hybridized carbons (Fsp3) is 0.350. The summed E-state index contributed by atoms with van der Waals surface area (Å²) in [6.07, 6.45) is 7.42. The van der Waals surface area contributed by atoms with Crippen molar-refractivity contribution in [2.24, 2.45) is 0 Å². The minimum absolute atomic E-state index is 0.282. The van der Waals surface area contributed by atoms with Crippen LogP contribution < -0.4 is 4.74 Å². The summed E-state index contributed by atoms with van der Waals surface area (Å²) < 4.78 is 11.2. The number of carbonyl (C=O) groups excluding carboxylic acids is 1. The molecule has 1 aliphatic rings. The van der Waals surface area contributed by atoms with Crippen LogP contribution >= 0.6 is 0 Å². The molecule has 0 aliphatic carbocycles. The molecule has 26 heavy (non-hydrogen) atoms. The molecule has 0 radical (unpaired) electrons. The lowest BCUT2D eigenvalue weighted by Crippen LogP contribution is -2.39. The first-order valence-electron chi connectivity index (χ1n) is 8.62. The van der Waals surface area contributed by atoms with Gasteiger partial charge in [0.15, 0.2) is 0 Å². The molecule has 1 aliphatic heterocycles. The summed E-state index contributed by atoms with van der Waals surface area (Å²) in [5, 5.41) is 0. The summed E-state index contributed by atoms with van der Waals surface area (Å²) >= 11 is 0. The van der Waals surface area contributed by atoms with Crippen LogP contribution in [0.1, 0.15) is 32.8 Å². The highest BCUT2D eigenvalue weighted by Crippen LogP contribution is 2.27. The van der Waals surface area contributed by atoms with Gasteiger partial charge in [-0.25, -0.2) is 9.78 Å². The van der Waals surface area contributed by atoms with Crippen LogP contribution in [0.25, 0.3) is 5.57 Å². The Labute approximate surface area is 153 Å². The van der Waals surface area contributed by atoms with Crippen LogP contribution in [0.15, 0.2) is 48.9 Å². The molecule has 136 valence electrons. The van der Waals surface area contributed by atoms with E-state index in [9.17, 15) is 4.79 Å². The average molecular weight is 353 g/mol. The van der Waals surface area contributed by atoms with Gasteiger partial charge in [-0.15, -0.1) is 0 Å². The maximum atomic E-state index is 12.3. The van der Waals surface area contributed by atoms with Crippen molar-refractivity contribution in [3.63, 3.8) is 0 Å². The van der Waals surface area contributed by atoms with Gasteiger partial charge in [-0.3, -0.25) is 4.98 Å². The van der Waals surface area contributed by atoms with Crippen molar-refractivity contribution in [2.75, 3.05) is 13.1 Å². The van der Waals surface area contributed by atoms with E-state index in [1.807, 2.05) is 45.0 Å². The third-order valence-electron chi connectivity index (χ3n) is 3.77. The molecule has 0 fully saturated rings. The van der Waals surface area contributed by atoms with Gasteiger partial charge in [0, 0.05) is 25.5 Å². The first-order valence-corrected chi connectivity index (χ1v) is 8.62. The van der Waals surface area contributed by atoms with Crippen molar-refractivity contribution in [1.82, 2.24) is 14.9 Å². The summed E-state index contributed by atoms with van der Waals surface area (Å²) in [6.45, 7) is 6.80. The lowest BCUT2D eigenvalue weighted by molar-refractivity contribution is 0.0273. The van der Waals surface area contributed by atoms with Gasteiger partial charge in [0.05, 0.1) is 6.20 Å². The fourth-order valence-electron chi connectivity index (χ4n) is 2.65. The minimum atomic E-state index is -0.497. The van der Waals surface area contributed by atoms with E-state index < -0.39 is 5.60 Å². The monoisotopic (exact) mass is 353 g/mol. The third-order valence-corrected chi connectivity index (χ3v) is 3.77.